The van der Waals surface area contributed by atoms with E-state index in [-0.39, 0.29) is 5.84 Å². The highest BCUT2D eigenvalue weighted by molar-refractivity contribution is 5.91. The van der Waals surface area contributed by atoms with Gasteiger partial charge < -0.3 is 10.7 Å². The number of hydrogen-bond donors (Lipinski definition) is 3. The van der Waals surface area contributed by atoms with E-state index in [1.807, 2.05) is 6.07 Å². The summed E-state index contributed by atoms with van der Waals surface area (Å²) in [5.74, 6) is 0.300. The first kappa shape index (κ1) is 6.78. The number of nitrogens with two attached hydrogens (primary N) is 1. The molecule has 2 aliphatic heterocycles. The molecule has 2 heterocycles. The second-order valence-electron chi connectivity index (χ2n) is 2.39. The third kappa shape index (κ3) is 0.914. The number of aromatic amines is 1. The maximum Gasteiger partial charge on any atom is 0.172 e. The van der Waals surface area contributed by atoms with E-state index in [2.05, 4.69) is 15.0 Å². The minimum Gasteiger partial charge on any atom is -0.381 e. The Morgan fingerprint density at radius 3 is 3.08 bits per heavy atom. The molecule has 2 aliphatic rings. The van der Waals surface area contributed by atoms with Crippen molar-refractivity contribution >= 4 is 5.84 Å². The Hall–Kier alpha value is -1.91. The molecule has 0 aromatic rings. The summed E-state index contributed by atoms with van der Waals surface area (Å²) in [7, 11) is 0. The summed E-state index contributed by atoms with van der Waals surface area (Å²) in [6.07, 6.45) is 3.26. The van der Waals surface area contributed by atoms with Crippen molar-refractivity contribution in [3.8, 4) is 11.4 Å². The SMILES string of the molecule is N=C(N)c1ncc2nccc-2[nH]1. The van der Waals surface area contributed by atoms with Gasteiger partial charge in [0.15, 0.2) is 11.7 Å². The molecule has 0 bridgehead atoms. The van der Waals surface area contributed by atoms with Crippen LogP contribution in [-0.2, 0) is 0 Å². The third-order valence-corrected chi connectivity index (χ3v) is 1.55. The number of nitrogens with zero attached hydrogens (tertiary/aromatic N) is 2. The number of amidine groups is 1. The average molecular weight is 161 g/mol. The number of nitrogen functional groups attached to an aromatic ring is 1. The van der Waals surface area contributed by atoms with Crippen molar-refractivity contribution in [3.05, 3.63) is 24.3 Å². The number of fused-ring (bicyclic) bond motifs is 1. The van der Waals surface area contributed by atoms with Gasteiger partial charge in [0.1, 0.15) is 5.69 Å². The standard InChI is InChI=1S/C7H7N5/c8-6(9)7-11-3-5-4(12-7)1-2-10-5/h1-3H,(H3,8,9)(H,11,12). The number of aromatic nitrogens is 3. The van der Waals surface area contributed by atoms with Crippen molar-refractivity contribution in [1.29, 1.82) is 5.41 Å². The van der Waals surface area contributed by atoms with Crippen molar-refractivity contribution in [3.63, 3.8) is 0 Å². The van der Waals surface area contributed by atoms with Gasteiger partial charge in [-0.3, -0.25) is 10.4 Å². The van der Waals surface area contributed by atoms with Crippen LogP contribution in [0.3, 0.4) is 0 Å². The van der Waals surface area contributed by atoms with E-state index in [0.717, 1.165) is 11.4 Å². The fraction of sp³-hybridized carbons (Fsp3) is 0. The van der Waals surface area contributed by atoms with Gasteiger partial charge in [-0.2, -0.15) is 0 Å². The molecular formula is C7H7N5. The van der Waals surface area contributed by atoms with Crippen LogP contribution in [0.2, 0.25) is 0 Å². The van der Waals surface area contributed by atoms with Crippen molar-refractivity contribution in [2.45, 2.75) is 0 Å². The van der Waals surface area contributed by atoms with E-state index in [1.54, 1.807) is 12.4 Å². The molecule has 0 fully saturated rings. The Bertz CT molecular complexity index is 391. The van der Waals surface area contributed by atoms with Gasteiger partial charge in [-0.15, -0.1) is 0 Å². The van der Waals surface area contributed by atoms with E-state index in [0.29, 0.717) is 5.82 Å². The van der Waals surface area contributed by atoms with Crippen molar-refractivity contribution in [2.75, 3.05) is 0 Å². The molecule has 4 N–H and O–H groups in total. The third-order valence-electron chi connectivity index (χ3n) is 1.55. The van der Waals surface area contributed by atoms with Gasteiger partial charge in [0.2, 0.25) is 0 Å². The molecule has 2 rings (SSSR count). The monoisotopic (exact) mass is 161 g/mol. The zero-order chi connectivity index (χ0) is 8.55. The quantitative estimate of drug-likeness (QED) is 0.412. The molecule has 0 amide bonds. The van der Waals surface area contributed by atoms with Gasteiger partial charge in [-0.1, -0.05) is 0 Å². The molecule has 0 saturated heterocycles. The van der Waals surface area contributed by atoms with Gasteiger partial charge in [0.05, 0.1) is 11.9 Å². The Morgan fingerprint density at radius 1 is 1.50 bits per heavy atom. The summed E-state index contributed by atoms with van der Waals surface area (Å²) in [5, 5.41) is 7.13. The van der Waals surface area contributed by atoms with Gasteiger partial charge >= 0.3 is 0 Å². The van der Waals surface area contributed by atoms with Crippen LogP contribution in [0.25, 0.3) is 11.4 Å². The van der Waals surface area contributed by atoms with Crippen LogP contribution < -0.4 is 5.73 Å². The second kappa shape index (κ2) is 2.30. The molecular weight excluding hydrogens is 154 g/mol. The van der Waals surface area contributed by atoms with Gasteiger partial charge in [-0.25, -0.2) is 4.98 Å². The highest BCUT2D eigenvalue weighted by atomic mass is 15.0. The summed E-state index contributed by atoms with van der Waals surface area (Å²) in [4.78, 5) is 10.8. The zero-order valence-corrected chi connectivity index (χ0v) is 6.20. The molecule has 0 unspecified atom stereocenters. The van der Waals surface area contributed by atoms with Crippen molar-refractivity contribution in [1.82, 2.24) is 15.0 Å². The van der Waals surface area contributed by atoms with E-state index in [4.69, 9.17) is 11.1 Å². The van der Waals surface area contributed by atoms with E-state index >= 15 is 0 Å². The Labute approximate surface area is 68.5 Å². The molecule has 5 heteroatoms. The molecule has 60 valence electrons. The van der Waals surface area contributed by atoms with E-state index in [9.17, 15) is 0 Å². The predicted molar refractivity (Wildman–Crippen MR) is 44.0 cm³/mol. The summed E-state index contributed by atoms with van der Waals surface area (Å²) in [6, 6.07) is 1.81. The number of nitrogens with one attached hydrogen (secondary N) is 2. The topological polar surface area (TPSA) is 91.4 Å². The lowest BCUT2D eigenvalue weighted by molar-refractivity contribution is 1.11. The summed E-state index contributed by atoms with van der Waals surface area (Å²) < 4.78 is 0. The van der Waals surface area contributed by atoms with Gasteiger partial charge in [0.25, 0.3) is 0 Å². The fourth-order valence-corrected chi connectivity index (χ4v) is 0.978. The molecule has 0 spiro atoms. The number of hydrogen-bond acceptors (Lipinski definition) is 3. The fourth-order valence-electron chi connectivity index (χ4n) is 0.978. The molecule has 0 aliphatic carbocycles. The largest absolute Gasteiger partial charge is 0.381 e. The maximum atomic E-state index is 7.13. The predicted octanol–water partition coefficient (Wildman–Crippen LogP) is 0.194. The van der Waals surface area contributed by atoms with Gasteiger partial charge in [-0.05, 0) is 6.07 Å². The minimum atomic E-state index is -0.0712. The summed E-state index contributed by atoms with van der Waals surface area (Å²) in [5.41, 5.74) is 6.86. The minimum absolute atomic E-state index is 0.0712. The van der Waals surface area contributed by atoms with Crippen LogP contribution >= 0.6 is 0 Å². The molecule has 0 aromatic heterocycles. The van der Waals surface area contributed by atoms with E-state index in [1.165, 1.54) is 0 Å². The highest BCUT2D eigenvalue weighted by Crippen LogP contribution is 2.14. The lowest BCUT2D eigenvalue weighted by Gasteiger charge is -2.00. The van der Waals surface area contributed by atoms with Crippen LogP contribution in [0.1, 0.15) is 5.82 Å². The molecule has 5 nitrogen and oxygen atoms in total. The molecule has 12 heavy (non-hydrogen) atoms. The normalized spacial score (nSPS) is 10.3. The Kier molecular flexibility index (Phi) is 1.30. The number of rotatable bonds is 1. The molecule has 0 aromatic carbocycles. The maximum absolute atomic E-state index is 7.13. The first-order valence-electron chi connectivity index (χ1n) is 3.41. The summed E-state index contributed by atoms with van der Waals surface area (Å²) >= 11 is 0. The highest BCUT2D eigenvalue weighted by Gasteiger charge is 2.06. The van der Waals surface area contributed by atoms with Crippen LogP contribution in [0.15, 0.2) is 18.5 Å². The summed E-state index contributed by atoms with van der Waals surface area (Å²) in [6.45, 7) is 0. The van der Waals surface area contributed by atoms with Crippen LogP contribution in [0, 0.1) is 5.41 Å². The zero-order valence-electron chi connectivity index (χ0n) is 6.20. The lowest BCUT2D eigenvalue weighted by Crippen LogP contribution is -2.15. The lowest BCUT2D eigenvalue weighted by atomic mass is 10.3. The smallest absolute Gasteiger partial charge is 0.172 e. The molecule has 0 radical (unpaired) electrons. The van der Waals surface area contributed by atoms with E-state index < -0.39 is 0 Å². The van der Waals surface area contributed by atoms with Crippen LogP contribution in [0.4, 0.5) is 0 Å². The van der Waals surface area contributed by atoms with Crippen LogP contribution in [0.5, 0.6) is 0 Å². The number of H-pyrrole nitrogens is 1. The van der Waals surface area contributed by atoms with Crippen molar-refractivity contribution in [2.24, 2.45) is 5.73 Å². The molecule has 0 atom stereocenters. The van der Waals surface area contributed by atoms with Crippen LogP contribution in [-0.4, -0.2) is 20.8 Å². The Morgan fingerprint density at radius 2 is 2.33 bits per heavy atom. The van der Waals surface area contributed by atoms with Crippen molar-refractivity contribution < 1.29 is 0 Å². The molecule has 0 saturated carbocycles. The average Bonchev–Trinajstić information content (AvgIpc) is 2.49. The second-order valence-corrected chi connectivity index (χ2v) is 2.39. The van der Waals surface area contributed by atoms with Gasteiger partial charge in [0, 0.05) is 6.20 Å². The Balaban J connectivity index is 2.62. The first-order valence-corrected chi connectivity index (χ1v) is 3.41. The first-order chi connectivity index (χ1) is 5.77.